The van der Waals surface area contributed by atoms with Crippen LogP contribution in [0.15, 0.2) is 0 Å². The van der Waals surface area contributed by atoms with Gasteiger partial charge in [0.1, 0.15) is 0 Å². The molecule has 110 valence electrons. The molecule has 0 saturated carbocycles. The summed E-state index contributed by atoms with van der Waals surface area (Å²) in [6.07, 6.45) is 12.7. The summed E-state index contributed by atoms with van der Waals surface area (Å²) in [4.78, 5) is 0. The normalized spacial score (nSPS) is 14.7. The highest BCUT2D eigenvalue weighted by Crippen LogP contribution is 2.14. The molecule has 0 aromatic carbocycles. The van der Waals surface area contributed by atoms with Crippen LogP contribution in [-0.4, -0.2) is 22.4 Å². The van der Waals surface area contributed by atoms with Crippen LogP contribution >= 0.6 is 0 Å². The third kappa shape index (κ3) is 11.0. The van der Waals surface area contributed by atoms with Gasteiger partial charge in [-0.25, -0.2) is 0 Å². The highest BCUT2D eigenvalue weighted by molar-refractivity contribution is 4.67. The van der Waals surface area contributed by atoms with E-state index in [2.05, 4.69) is 13.8 Å². The Morgan fingerprint density at radius 3 is 1.39 bits per heavy atom. The summed E-state index contributed by atoms with van der Waals surface area (Å²) < 4.78 is 0. The van der Waals surface area contributed by atoms with E-state index in [0.717, 1.165) is 32.1 Å². The average Bonchev–Trinajstić information content (AvgIpc) is 2.37. The van der Waals surface area contributed by atoms with Gasteiger partial charge in [0.25, 0.3) is 0 Å². The van der Waals surface area contributed by atoms with E-state index in [1.807, 2.05) is 0 Å². The van der Waals surface area contributed by atoms with Gasteiger partial charge in [0.2, 0.25) is 0 Å². The van der Waals surface area contributed by atoms with Gasteiger partial charge in [-0.2, -0.15) is 0 Å². The van der Waals surface area contributed by atoms with Gasteiger partial charge in [-0.3, -0.25) is 0 Å². The van der Waals surface area contributed by atoms with Crippen molar-refractivity contribution in [2.75, 3.05) is 0 Å². The van der Waals surface area contributed by atoms with Crippen LogP contribution in [0.2, 0.25) is 0 Å². The molecule has 2 atom stereocenters. The zero-order valence-corrected chi connectivity index (χ0v) is 12.5. The molecule has 0 bridgehead atoms. The lowest BCUT2D eigenvalue weighted by Gasteiger charge is -2.17. The molecule has 0 aliphatic carbocycles. The molecule has 0 saturated heterocycles. The molecule has 0 aromatic rings. The van der Waals surface area contributed by atoms with E-state index in [4.69, 9.17) is 0 Å². The van der Waals surface area contributed by atoms with Crippen molar-refractivity contribution in [3.05, 3.63) is 0 Å². The first-order valence-electron chi connectivity index (χ1n) is 8.08. The van der Waals surface area contributed by atoms with E-state index in [1.54, 1.807) is 0 Å². The maximum Gasteiger partial charge on any atom is 0.0799 e. The van der Waals surface area contributed by atoms with Gasteiger partial charge in [0.15, 0.2) is 0 Å². The summed E-state index contributed by atoms with van der Waals surface area (Å²) in [6.45, 7) is 4.39. The predicted molar refractivity (Wildman–Crippen MR) is 78.8 cm³/mol. The number of hydrogen-bond donors (Lipinski definition) is 2. The second kappa shape index (κ2) is 13.4. The summed E-state index contributed by atoms with van der Waals surface area (Å²) in [5, 5.41) is 19.6. The number of unbranched alkanes of at least 4 members (excludes halogenated alkanes) is 8. The van der Waals surface area contributed by atoms with Crippen molar-refractivity contribution in [2.24, 2.45) is 0 Å². The Morgan fingerprint density at radius 2 is 0.889 bits per heavy atom. The Labute approximate surface area is 114 Å². The second-order valence-electron chi connectivity index (χ2n) is 5.54. The van der Waals surface area contributed by atoms with E-state index in [0.29, 0.717) is 0 Å². The fourth-order valence-corrected chi connectivity index (χ4v) is 2.30. The molecule has 0 radical (unpaired) electrons. The summed E-state index contributed by atoms with van der Waals surface area (Å²) in [6, 6.07) is 0. The van der Waals surface area contributed by atoms with Crippen LogP contribution in [0, 0.1) is 0 Å². The smallest absolute Gasteiger partial charge is 0.0799 e. The molecule has 0 amide bonds. The van der Waals surface area contributed by atoms with Gasteiger partial charge in [0.05, 0.1) is 12.2 Å². The van der Waals surface area contributed by atoms with Crippen molar-refractivity contribution in [3.63, 3.8) is 0 Å². The van der Waals surface area contributed by atoms with Crippen molar-refractivity contribution in [2.45, 2.75) is 103 Å². The van der Waals surface area contributed by atoms with E-state index < -0.39 is 12.2 Å². The minimum absolute atomic E-state index is 0.502. The van der Waals surface area contributed by atoms with Crippen molar-refractivity contribution < 1.29 is 10.2 Å². The minimum Gasteiger partial charge on any atom is -0.390 e. The Kier molecular flexibility index (Phi) is 13.3. The predicted octanol–water partition coefficient (Wildman–Crippen LogP) is 4.43. The van der Waals surface area contributed by atoms with Gasteiger partial charge in [-0.15, -0.1) is 0 Å². The molecule has 0 aliphatic heterocycles. The Bertz CT molecular complexity index is 159. The molecular weight excluding hydrogens is 224 g/mol. The van der Waals surface area contributed by atoms with Gasteiger partial charge in [-0.1, -0.05) is 78.1 Å². The summed E-state index contributed by atoms with van der Waals surface area (Å²) in [5.74, 6) is 0. The third-order valence-electron chi connectivity index (χ3n) is 3.65. The van der Waals surface area contributed by atoms with Crippen LogP contribution in [0.1, 0.15) is 90.9 Å². The number of aliphatic hydroxyl groups excluding tert-OH is 2. The van der Waals surface area contributed by atoms with Gasteiger partial charge >= 0.3 is 0 Å². The molecule has 0 rings (SSSR count). The SMILES string of the molecule is CCCCCCCCCC(O)C(O)CCCCC. The van der Waals surface area contributed by atoms with Crippen LogP contribution in [0.4, 0.5) is 0 Å². The van der Waals surface area contributed by atoms with E-state index >= 15 is 0 Å². The molecule has 0 spiro atoms. The Balaban J connectivity index is 3.31. The Morgan fingerprint density at radius 1 is 0.556 bits per heavy atom. The molecule has 2 N–H and O–H groups in total. The zero-order valence-electron chi connectivity index (χ0n) is 12.5. The summed E-state index contributed by atoms with van der Waals surface area (Å²) in [7, 11) is 0. The molecule has 0 aliphatic rings. The maximum atomic E-state index is 9.81. The lowest BCUT2D eigenvalue weighted by Crippen LogP contribution is -2.25. The molecule has 0 aromatic heterocycles. The largest absolute Gasteiger partial charge is 0.390 e. The van der Waals surface area contributed by atoms with Crippen LogP contribution in [0.5, 0.6) is 0 Å². The van der Waals surface area contributed by atoms with Gasteiger partial charge < -0.3 is 10.2 Å². The third-order valence-corrected chi connectivity index (χ3v) is 3.65. The zero-order chi connectivity index (χ0) is 13.6. The first-order valence-corrected chi connectivity index (χ1v) is 8.08. The fraction of sp³-hybridized carbons (Fsp3) is 1.00. The van der Waals surface area contributed by atoms with Crippen molar-refractivity contribution >= 4 is 0 Å². The molecule has 0 fully saturated rings. The van der Waals surface area contributed by atoms with Crippen LogP contribution in [0.3, 0.4) is 0 Å². The highest BCUT2D eigenvalue weighted by atomic mass is 16.3. The van der Waals surface area contributed by atoms with Crippen LogP contribution < -0.4 is 0 Å². The first kappa shape index (κ1) is 17.9. The number of aliphatic hydroxyl groups is 2. The van der Waals surface area contributed by atoms with E-state index in [1.165, 1.54) is 44.9 Å². The van der Waals surface area contributed by atoms with Crippen LogP contribution in [0.25, 0.3) is 0 Å². The molecule has 0 heterocycles. The van der Waals surface area contributed by atoms with E-state index in [9.17, 15) is 10.2 Å². The standard InChI is InChI=1S/C16H34O2/c1-3-5-7-8-9-10-12-14-16(18)15(17)13-11-6-4-2/h15-18H,3-14H2,1-2H3. The summed E-state index contributed by atoms with van der Waals surface area (Å²) in [5.41, 5.74) is 0. The van der Waals surface area contributed by atoms with Crippen molar-refractivity contribution in [1.29, 1.82) is 0 Å². The molecule has 18 heavy (non-hydrogen) atoms. The minimum atomic E-state index is -0.503. The number of hydrogen-bond acceptors (Lipinski definition) is 2. The van der Waals surface area contributed by atoms with Crippen molar-refractivity contribution in [3.8, 4) is 0 Å². The molecule has 2 heteroatoms. The fourth-order valence-electron chi connectivity index (χ4n) is 2.30. The topological polar surface area (TPSA) is 40.5 Å². The number of rotatable bonds is 13. The summed E-state index contributed by atoms with van der Waals surface area (Å²) >= 11 is 0. The quantitative estimate of drug-likeness (QED) is 0.480. The lowest BCUT2D eigenvalue weighted by atomic mass is 10.0. The average molecular weight is 258 g/mol. The Hall–Kier alpha value is -0.0800. The lowest BCUT2D eigenvalue weighted by molar-refractivity contribution is 0.00718. The highest BCUT2D eigenvalue weighted by Gasteiger charge is 2.14. The molecular formula is C16H34O2. The van der Waals surface area contributed by atoms with E-state index in [-0.39, 0.29) is 0 Å². The van der Waals surface area contributed by atoms with Gasteiger partial charge in [0, 0.05) is 0 Å². The monoisotopic (exact) mass is 258 g/mol. The van der Waals surface area contributed by atoms with Crippen molar-refractivity contribution in [1.82, 2.24) is 0 Å². The molecule has 2 unspecified atom stereocenters. The maximum absolute atomic E-state index is 9.81. The van der Waals surface area contributed by atoms with Crippen LogP contribution in [-0.2, 0) is 0 Å². The first-order chi connectivity index (χ1) is 8.72. The molecule has 2 nitrogen and oxygen atoms in total. The second-order valence-corrected chi connectivity index (χ2v) is 5.54. The van der Waals surface area contributed by atoms with Gasteiger partial charge in [-0.05, 0) is 12.8 Å².